The van der Waals surface area contributed by atoms with Gasteiger partial charge in [-0.05, 0) is 35.7 Å². The zero-order valence-corrected chi connectivity index (χ0v) is 18.3. The highest BCUT2D eigenvalue weighted by molar-refractivity contribution is 7.13. The van der Waals surface area contributed by atoms with Gasteiger partial charge in [-0.15, -0.1) is 22.7 Å². The molecule has 0 saturated carbocycles. The molecular weight excluding hydrogens is 388 g/mol. The highest BCUT2D eigenvalue weighted by Crippen LogP contribution is 2.27. The lowest BCUT2D eigenvalue weighted by atomic mass is 9.91. The number of rotatable bonds is 7. The molecule has 7 heteroatoms. The molecule has 0 fully saturated rings. The molecule has 0 unspecified atom stereocenters. The first-order valence-electron chi connectivity index (χ1n) is 9.09. The highest BCUT2D eigenvalue weighted by Gasteiger charge is 2.21. The summed E-state index contributed by atoms with van der Waals surface area (Å²) < 4.78 is 5.21. The maximum absolute atomic E-state index is 5.21. The van der Waals surface area contributed by atoms with Gasteiger partial charge in [0.05, 0.1) is 19.3 Å². The fourth-order valence-corrected chi connectivity index (χ4v) is 4.38. The summed E-state index contributed by atoms with van der Waals surface area (Å²) in [5, 5.41) is 12.0. The molecule has 28 heavy (non-hydrogen) atoms. The average Bonchev–Trinajstić information content (AvgIpc) is 3.41. The second-order valence-electron chi connectivity index (χ2n) is 7.01. The van der Waals surface area contributed by atoms with Crippen LogP contribution in [0, 0.1) is 0 Å². The molecule has 2 aromatic heterocycles. The topological polar surface area (TPSA) is 58.5 Å². The molecule has 148 valence electrons. The highest BCUT2D eigenvalue weighted by atomic mass is 32.1. The number of ether oxygens (including phenoxy) is 1. The fourth-order valence-electron chi connectivity index (χ4n) is 2.70. The zero-order chi connectivity index (χ0) is 20.0. The third kappa shape index (κ3) is 5.11. The van der Waals surface area contributed by atoms with Crippen molar-refractivity contribution >= 4 is 28.6 Å². The Morgan fingerprint density at radius 1 is 1.14 bits per heavy atom. The molecule has 0 aliphatic carbocycles. The SMILES string of the molecule is CN=C(NCc1csc(-c2ccc(OC)cc2)n1)NCC(C)(C)c1cccs1. The standard InChI is InChI=1S/C21H26N4OS2/c1-21(2,18-6-5-11-27-18)14-24-20(22-3)23-12-16-13-28-19(25-16)15-7-9-17(26-4)10-8-15/h5-11,13H,12,14H2,1-4H3,(H2,22,23,24). The first-order valence-corrected chi connectivity index (χ1v) is 10.8. The maximum Gasteiger partial charge on any atom is 0.191 e. The van der Waals surface area contributed by atoms with Crippen molar-refractivity contribution in [2.75, 3.05) is 20.7 Å². The number of nitrogens with one attached hydrogen (secondary N) is 2. The zero-order valence-electron chi connectivity index (χ0n) is 16.7. The Morgan fingerprint density at radius 2 is 1.93 bits per heavy atom. The summed E-state index contributed by atoms with van der Waals surface area (Å²) in [5.41, 5.74) is 2.14. The number of methoxy groups -OCH3 is 1. The number of aromatic nitrogens is 1. The van der Waals surface area contributed by atoms with Gasteiger partial charge >= 0.3 is 0 Å². The molecule has 0 bridgehead atoms. The van der Waals surface area contributed by atoms with E-state index in [2.05, 4.69) is 52.4 Å². The first-order chi connectivity index (χ1) is 13.5. The average molecular weight is 415 g/mol. The van der Waals surface area contributed by atoms with Gasteiger partial charge in [0.1, 0.15) is 10.8 Å². The molecular formula is C21H26N4OS2. The predicted octanol–water partition coefficient (Wildman–Crippen LogP) is 4.52. The Morgan fingerprint density at radius 3 is 2.57 bits per heavy atom. The molecule has 5 nitrogen and oxygen atoms in total. The van der Waals surface area contributed by atoms with E-state index in [1.54, 1.807) is 36.8 Å². The summed E-state index contributed by atoms with van der Waals surface area (Å²) in [7, 11) is 3.46. The van der Waals surface area contributed by atoms with Crippen LogP contribution in [0.1, 0.15) is 24.4 Å². The van der Waals surface area contributed by atoms with E-state index in [-0.39, 0.29) is 5.41 Å². The van der Waals surface area contributed by atoms with E-state index in [1.165, 1.54) is 4.88 Å². The summed E-state index contributed by atoms with van der Waals surface area (Å²) >= 11 is 3.43. The summed E-state index contributed by atoms with van der Waals surface area (Å²) in [4.78, 5) is 10.4. The quantitative estimate of drug-likeness (QED) is 0.441. The van der Waals surface area contributed by atoms with Gasteiger partial charge in [-0.25, -0.2) is 4.98 Å². The summed E-state index contributed by atoms with van der Waals surface area (Å²) in [6.45, 7) is 5.91. The van der Waals surface area contributed by atoms with Crippen LogP contribution in [-0.4, -0.2) is 31.6 Å². The van der Waals surface area contributed by atoms with Crippen molar-refractivity contribution < 1.29 is 4.74 Å². The predicted molar refractivity (Wildman–Crippen MR) is 120 cm³/mol. The van der Waals surface area contributed by atoms with Crippen LogP contribution >= 0.6 is 22.7 Å². The number of hydrogen-bond acceptors (Lipinski definition) is 5. The van der Waals surface area contributed by atoms with Gasteiger partial charge in [-0.2, -0.15) is 0 Å². The summed E-state index contributed by atoms with van der Waals surface area (Å²) in [6.07, 6.45) is 0. The van der Waals surface area contributed by atoms with Crippen molar-refractivity contribution in [2.45, 2.75) is 25.8 Å². The van der Waals surface area contributed by atoms with E-state index >= 15 is 0 Å². The molecule has 0 radical (unpaired) electrons. The molecule has 2 N–H and O–H groups in total. The maximum atomic E-state index is 5.21. The molecule has 2 heterocycles. The van der Waals surface area contributed by atoms with Crippen molar-refractivity contribution in [3.63, 3.8) is 0 Å². The van der Waals surface area contributed by atoms with Crippen LogP contribution < -0.4 is 15.4 Å². The van der Waals surface area contributed by atoms with Crippen LogP contribution in [0.15, 0.2) is 52.2 Å². The van der Waals surface area contributed by atoms with E-state index in [0.717, 1.165) is 34.5 Å². The third-order valence-corrected chi connectivity index (χ3v) is 6.61. The first kappa shape index (κ1) is 20.4. The minimum absolute atomic E-state index is 0.0496. The molecule has 0 amide bonds. The van der Waals surface area contributed by atoms with Crippen LogP contribution in [0.4, 0.5) is 0 Å². The minimum atomic E-state index is 0.0496. The second kappa shape index (κ2) is 9.21. The van der Waals surface area contributed by atoms with Crippen LogP contribution in [0.5, 0.6) is 5.75 Å². The molecule has 1 aromatic carbocycles. The van der Waals surface area contributed by atoms with E-state index in [1.807, 2.05) is 24.3 Å². The number of hydrogen-bond donors (Lipinski definition) is 2. The van der Waals surface area contributed by atoms with E-state index < -0.39 is 0 Å². The lowest BCUT2D eigenvalue weighted by Crippen LogP contribution is -2.43. The van der Waals surface area contributed by atoms with Crippen LogP contribution in [0.2, 0.25) is 0 Å². The number of benzene rings is 1. The molecule has 3 rings (SSSR count). The Bertz CT molecular complexity index is 899. The largest absolute Gasteiger partial charge is 0.497 e. The Labute approximate surface area is 174 Å². The lowest BCUT2D eigenvalue weighted by molar-refractivity contribution is 0.415. The van der Waals surface area contributed by atoms with Gasteiger partial charge in [0.15, 0.2) is 5.96 Å². The van der Waals surface area contributed by atoms with E-state index in [9.17, 15) is 0 Å². The van der Waals surface area contributed by atoms with Gasteiger partial charge in [0, 0.05) is 34.8 Å². The molecule has 0 atom stereocenters. The van der Waals surface area contributed by atoms with Crippen molar-refractivity contribution in [1.29, 1.82) is 0 Å². The minimum Gasteiger partial charge on any atom is -0.497 e. The molecule has 0 saturated heterocycles. The molecule has 0 spiro atoms. The normalized spacial score (nSPS) is 12.1. The van der Waals surface area contributed by atoms with Gasteiger partial charge < -0.3 is 15.4 Å². The number of nitrogens with zero attached hydrogens (tertiary/aromatic N) is 2. The third-order valence-electron chi connectivity index (χ3n) is 4.44. The van der Waals surface area contributed by atoms with Crippen molar-refractivity contribution in [2.24, 2.45) is 4.99 Å². The van der Waals surface area contributed by atoms with Crippen LogP contribution in [0.25, 0.3) is 10.6 Å². The van der Waals surface area contributed by atoms with E-state index in [0.29, 0.717) is 6.54 Å². The lowest BCUT2D eigenvalue weighted by Gasteiger charge is -2.25. The molecule has 3 aromatic rings. The van der Waals surface area contributed by atoms with Gasteiger partial charge in [-0.3, -0.25) is 4.99 Å². The van der Waals surface area contributed by atoms with Crippen molar-refractivity contribution in [1.82, 2.24) is 15.6 Å². The second-order valence-corrected chi connectivity index (χ2v) is 8.82. The molecule has 0 aliphatic heterocycles. The van der Waals surface area contributed by atoms with Gasteiger partial charge in [-0.1, -0.05) is 19.9 Å². The Hall–Kier alpha value is -2.38. The van der Waals surface area contributed by atoms with E-state index in [4.69, 9.17) is 9.72 Å². The van der Waals surface area contributed by atoms with Crippen LogP contribution in [0.3, 0.4) is 0 Å². The smallest absolute Gasteiger partial charge is 0.191 e. The summed E-state index contributed by atoms with van der Waals surface area (Å²) in [6, 6.07) is 12.2. The monoisotopic (exact) mass is 414 g/mol. The van der Waals surface area contributed by atoms with Crippen LogP contribution in [-0.2, 0) is 12.0 Å². The Balaban J connectivity index is 1.54. The van der Waals surface area contributed by atoms with Gasteiger partial charge in [0.2, 0.25) is 0 Å². The van der Waals surface area contributed by atoms with Crippen molar-refractivity contribution in [3.8, 4) is 16.3 Å². The fraction of sp³-hybridized carbons (Fsp3) is 0.333. The number of guanidine groups is 1. The van der Waals surface area contributed by atoms with Crippen molar-refractivity contribution in [3.05, 3.63) is 57.7 Å². The number of thiophene rings is 1. The summed E-state index contributed by atoms with van der Waals surface area (Å²) in [5.74, 6) is 1.63. The molecule has 0 aliphatic rings. The number of aliphatic imine (C=N–C) groups is 1. The number of thiazole rings is 1. The van der Waals surface area contributed by atoms with Gasteiger partial charge in [0.25, 0.3) is 0 Å². The Kier molecular flexibility index (Phi) is 6.70.